The summed E-state index contributed by atoms with van der Waals surface area (Å²) in [4.78, 5) is 9.14. The van der Waals surface area contributed by atoms with Crippen molar-refractivity contribution in [2.75, 3.05) is 0 Å². The molecule has 3 nitrogen and oxygen atoms in total. The number of nitrogens with zero attached hydrogens (tertiary/aromatic N) is 3. The van der Waals surface area contributed by atoms with Crippen LogP contribution in [0.4, 0.5) is 0 Å². The monoisotopic (exact) mass is 449 g/mol. The van der Waals surface area contributed by atoms with Crippen molar-refractivity contribution in [2.45, 2.75) is 0 Å². The molecule has 0 aliphatic carbocycles. The van der Waals surface area contributed by atoms with Crippen LogP contribution in [0.1, 0.15) is 10.6 Å². The van der Waals surface area contributed by atoms with E-state index in [2.05, 4.69) is 47.5 Å². The second kappa shape index (κ2) is 8.76. The second-order valence-electron chi connectivity index (χ2n) is 7.21. The van der Waals surface area contributed by atoms with Crippen LogP contribution in [0.2, 0.25) is 5.15 Å². The van der Waals surface area contributed by atoms with E-state index in [4.69, 9.17) is 16.6 Å². The summed E-state index contributed by atoms with van der Waals surface area (Å²) in [6.45, 7) is 0. The predicted octanol–water partition coefficient (Wildman–Crippen LogP) is 7.74. The van der Waals surface area contributed by atoms with E-state index in [1.807, 2.05) is 53.9 Å². The molecule has 32 heavy (non-hydrogen) atoms. The highest BCUT2D eigenvalue weighted by atomic mass is 35.5. The molecule has 0 fully saturated rings. The van der Waals surface area contributed by atoms with Crippen LogP contribution in [-0.2, 0) is 0 Å². The normalized spacial score (nSPS) is 11.4. The molecular weight excluding hydrogens is 434 g/mol. The van der Waals surface area contributed by atoms with Gasteiger partial charge in [-0.2, -0.15) is 5.26 Å². The fourth-order valence-electron chi connectivity index (χ4n) is 3.50. The van der Waals surface area contributed by atoms with E-state index >= 15 is 0 Å². The average Bonchev–Trinajstić information content (AvgIpc) is 3.33. The lowest BCUT2D eigenvalue weighted by Gasteiger charge is -2.03. The van der Waals surface area contributed by atoms with E-state index in [1.54, 1.807) is 6.08 Å². The number of thiazole rings is 1. The summed E-state index contributed by atoms with van der Waals surface area (Å²) in [5, 5.41) is 13.7. The van der Waals surface area contributed by atoms with Gasteiger partial charge in [0.25, 0.3) is 0 Å². The largest absolute Gasteiger partial charge is 0.235 e. The Morgan fingerprint density at radius 2 is 1.53 bits per heavy atom. The van der Waals surface area contributed by atoms with Crippen molar-refractivity contribution in [2.24, 2.45) is 0 Å². The third-order valence-electron chi connectivity index (χ3n) is 5.15. The summed E-state index contributed by atoms with van der Waals surface area (Å²) in [6, 6.07) is 30.5. The summed E-state index contributed by atoms with van der Waals surface area (Å²) >= 11 is 7.82. The zero-order valence-corrected chi connectivity index (χ0v) is 18.4. The standard InChI is InChI=1S/C27H16ClN3S/c28-26-22(14-21-8-4-5-9-24(21)30-26)15-23(16-29)27-31-25(17-32-27)20-12-10-19(11-13-20)18-6-2-1-3-7-18/h1-15,17H/b23-15+. The van der Waals surface area contributed by atoms with Crippen LogP contribution in [0.25, 0.3) is 44.9 Å². The first-order valence-corrected chi connectivity index (χ1v) is 11.3. The van der Waals surface area contributed by atoms with Gasteiger partial charge in [-0.15, -0.1) is 11.3 Å². The van der Waals surface area contributed by atoms with Crippen LogP contribution in [0.3, 0.4) is 0 Å². The molecule has 0 N–H and O–H groups in total. The molecule has 0 aliphatic heterocycles. The molecular formula is C27H16ClN3S. The van der Waals surface area contributed by atoms with E-state index in [0.717, 1.165) is 27.7 Å². The summed E-state index contributed by atoms with van der Waals surface area (Å²) in [6.07, 6.45) is 1.75. The van der Waals surface area contributed by atoms with Crippen molar-refractivity contribution in [3.63, 3.8) is 0 Å². The Hall–Kier alpha value is -3.78. The van der Waals surface area contributed by atoms with Gasteiger partial charge in [0.15, 0.2) is 0 Å². The van der Waals surface area contributed by atoms with Gasteiger partial charge in [0, 0.05) is 21.9 Å². The molecule has 0 unspecified atom stereocenters. The number of aromatic nitrogens is 2. The van der Waals surface area contributed by atoms with E-state index in [0.29, 0.717) is 21.3 Å². The van der Waals surface area contributed by atoms with Gasteiger partial charge in [-0.1, -0.05) is 84.4 Å². The van der Waals surface area contributed by atoms with Gasteiger partial charge in [0.1, 0.15) is 16.2 Å². The molecule has 2 aromatic heterocycles. The molecule has 0 amide bonds. The third kappa shape index (κ3) is 4.04. The minimum Gasteiger partial charge on any atom is -0.235 e. The Labute approximate surface area is 194 Å². The van der Waals surface area contributed by atoms with E-state index in [-0.39, 0.29) is 0 Å². The molecule has 5 rings (SSSR count). The van der Waals surface area contributed by atoms with Gasteiger partial charge < -0.3 is 0 Å². The van der Waals surface area contributed by atoms with Crippen LogP contribution in [0, 0.1) is 11.3 Å². The van der Waals surface area contributed by atoms with Crippen LogP contribution < -0.4 is 0 Å². The van der Waals surface area contributed by atoms with Gasteiger partial charge in [0.2, 0.25) is 0 Å². The fraction of sp³-hybridized carbons (Fsp3) is 0. The molecule has 5 aromatic rings. The number of rotatable bonds is 4. The Morgan fingerprint density at radius 1 is 0.844 bits per heavy atom. The molecule has 0 radical (unpaired) electrons. The average molecular weight is 450 g/mol. The van der Waals surface area contributed by atoms with Gasteiger partial charge in [-0.3, -0.25) is 0 Å². The quantitative estimate of drug-likeness (QED) is 0.208. The van der Waals surface area contributed by atoms with E-state index < -0.39 is 0 Å². The molecule has 2 heterocycles. The number of nitriles is 1. The molecule has 0 bridgehead atoms. The van der Waals surface area contributed by atoms with E-state index in [9.17, 15) is 5.26 Å². The van der Waals surface area contributed by atoms with Crippen molar-refractivity contribution in [3.8, 4) is 28.5 Å². The van der Waals surface area contributed by atoms with Crippen molar-refractivity contribution >= 4 is 45.5 Å². The topological polar surface area (TPSA) is 49.6 Å². The van der Waals surface area contributed by atoms with E-state index in [1.165, 1.54) is 16.9 Å². The SMILES string of the molecule is N#C/C(=C\c1cc2ccccc2nc1Cl)c1nc(-c2ccc(-c3ccccc3)cc2)cs1. The number of hydrogen-bond acceptors (Lipinski definition) is 4. The third-order valence-corrected chi connectivity index (χ3v) is 6.33. The highest BCUT2D eigenvalue weighted by molar-refractivity contribution is 7.11. The molecule has 0 aliphatic rings. The van der Waals surface area contributed by atoms with Crippen LogP contribution >= 0.6 is 22.9 Å². The summed E-state index contributed by atoms with van der Waals surface area (Å²) < 4.78 is 0. The van der Waals surface area contributed by atoms with Crippen LogP contribution in [0.15, 0.2) is 90.3 Å². The first-order valence-electron chi connectivity index (χ1n) is 10.00. The zero-order chi connectivity index (χ0) is 21.9. The van der Waals surface area contributed by atoms with Crippen molar-refractivity contribution in [1.29, 1.82) is 5.26 Å². The Balaban J connectivity index is 1.45. The molecule has 5 heteroatoms. The molecule has 0 saturated heterocycles. The van der Waals surface area contributed by atoms with Crippen molar-refractivity contribution in [1.82, 2.24) is 9.97 Å². The minimum atomic E-state index is 0.365. The highest BCUT2D eigenvalue weighted by Crippen LogP contribution is 2.30. The smallest absolute Gasteiger partial charge is 0.137 e. The predicted molar refractivity (Wildman–Crippen MR) is 133 cm³/mol. The number of hydrogen-bond donors (Lipinski definition) is 0. The first kappa shape index (κ1) is 20.1. The summed E-state index contributed by atoms with van der Waals surface area (Å²) in [5.41, 5.74) is 6.16. The lowest BCUT2D eigenvalue weighted by molar-refractivity contribution is 1.37. The maximum atomic E-state index is 9.77. The fourth-order valence-corrected chi connectivity index (χ4v) is 4.50. The van der Waals surface area contributed by atoms with Gasteiger partial charge in [-0.25, -0.2) is 9.97 Å². The number of para-hydroxylation sites is 1. The number of pyridine rings is 1. The summed E-state index contributed by atoms with van der Waals surface area (Å²) in [7, 11) is 0. The van der Waals surface area contributed by atoms with Gasteiger partial charge in [-0.05, 0) is 29.3 Å². The first-order chi connectivity index (χ1) is 15.7. The maximum Gasteiger partial charge on any atom is 0.137 e. The molecule has 0 saturated carbocycles. The summed E-state index contributed by atoms with van der Waals surface area (Å²) in [5.74, 6) is 0. The Kier molecular flexibility index (Phi) is 5.51. The van der Waals surface area contributed by atoms with Crippen LogP contribution in [-0.4, -0.2) is 9.97 Å². The highest BCUT2D eigenvalue weighted by Gasteiger charge is 2.11. The van der Waals surface area contributed by atoms with Gasteiger partial charge in [0.05, 0.1) is 16.8 Å². The minimum absolute atomic E-state index is 0.365. The molecule has 0 atom stereocenters. The Bertz CT molecular complexity index is 1480. The van der Waals surface area contributed by atoms with Gasteiger partial charge >= 0.3 is 0 Å². The lowest BCUT2D eigenvalue weighted by Crippen LogP contribution is -1.87. The molecule has 152 valence electrons. The number of allylic oxidation sites excluding steroid dienone is 1. The number of fused-ring (bicyclic) bond motifs is 1. The number of halogens is 1. The van der Waals surface area contributed by atoms with Crippen molar-refractivity contribution in [3.05, 3.63) is 106 Å². The van der Waals surface area contributed by atoms with Crippen LogP contribution in [0.5, 0.6) is 0 Å². The maximum absolute atomic E-state index is 9.77. The lowest BCUT2D eigenvalue weighted by atomic mass is 10.0. The number of benzene rings is 3. The molecule has 0 spiro atoms. The second-order valence-corrected chi connectivity index (χ2v) is 8.43. The molecule has 3 aromatic carbocycles. The Morgan fingerprint density at radius 3 is 2.31 bits per heavy atom. The van der Waals surface area contributed by atoms with Crippen molar-refractivity contribution < 1.29 is 0 Å². The zero-order valence-electron chi connectivity index (χ0n) is 16.9.